The fourth-order valence-electron chi connectivity index (χ4n) is 2.21. The molecule has 1 aliphatic heterocycles. The van der Waals surface area contributed by atoms with E-state index in [4.69, 9.17) is 10.2 Å². The summed E-state index contributed by atoms with van der Waals surface area (Å²) in [5.74, 6) is -0.330. The molecule has 4 heteroatoms. The zero-order valence-corrected chi connectivity index (χ0v) is 10.7. The van der Waals surface area contributed by atoms with Gasteiger partial charge in [0.15, 0.2) is 5.78 Å². The van der Waals surface area contributed by atoms with E-state index in [1.807, 2.05) is 0 Å². The largest absolute Gasteiger partial charge is 0.452 e. The van der Waals surface area contributed by atoms with Gasteiger partial charge in [0.25, 0.3) is 0 Å². The summed E-state index contributed by atoms with van der Waals surface area (Å²) in [7, 11) is 1.17. The van der Waals surface area contributed by atoms with Crippen LogP contribution in [-0.2, 0) is 11.2 Å². The monoisotopic (exact) mass is 271 g/mol. The van der Waals surface area contributed by atoms with Crippen molar-refractivity contribution in [3.63, 3.8) is 0 Å². The Balaban J connectivity index is 2.44. The third kappa shape index (κ3) is 1.86. The number of amides is 1. The summed E-state index contributed by atoms with van der Waals surface area (Å²) < 4.78 is 36.7. The molecular weight excluding hydrogens is 254 g/mol. The first-order valence-electron chi connectivity index (χ1n) is 7.98. The highest BCUT2D eigenvalue weighted by Gasteiger charge is 2.29. The molecule has 0 fully saturated rings. The molecule has 1 aliphatic rings. The molecule has 1 amide bonds. The summed E-state index contributed by atoms with van der Waals surface area (Å²) in [6.45, 7) is 0. The number of hydrogen-bond acceptors (Lipinski definition) is 3. The first-order valence-corrected chi connectivity index (χ1v) is 5.98. The Morgan fingerprint density at radius 1 is 1.25 bits per heavy atom. The van der Waals surface area contributed by atoms with Gasteiger partial charge < -0.3 is 4.74 Å². The Morgan fingerprint density at radius 2 is 2.00 bits per heavy atom. The summed E-state index contributed by atoms with van der Waals surface area (Å²) in [6, 6.07) is 4.75. The van der Waals surface area contributed by atoms with Crippen LogP contribution in [0.2, 0.25) is 0 Å². The lowest BCUT2D eigenvalue weighted by molar-refractivity contribution is 0.0994. The normalized spacial score (nSPS) is 16.1. The van der Waals surface area contributed by atoms with E-state index in [9.17, 15) is 9.59 Å². The molecule has 0 aliphatic carbocycles. The van der Waals surface area contributed by atoms with Gasteiger partial charge in [0.05, 0.1) is 24.0 Å². The number of methoxy groups -OCH3 is 1. The molecule has 3 rings (SSSR count). The van der Waals surface area contributed by atoms with Crippen LogP contribution >= 0.6 is 0 Å². The lowest BCUT2D eigenvalue weighted by atomic mass is 10.0. The molecule has 0 unspecified atom stereocenters. The van der Waals surface area contributed by atoms with Gasteiger partial charge in [-0.25, -0.2) is 9.69 Å². The molecule has 20 heavy (non-hydrogen) atoms. The van der Waals surface area contributed by atoms with Gasteiger partial charge in [-0.1, -0.05) is 30.3 Å². The zero-order valence-electron chi connectivity index (χ0n) is 14.7. The van der Waals surface area contributed by atoms with Crippen LogP contribution in [0.15, 0.2) is 48.4 Å². The molecule has 0 bridgehead atoms. The Hall–Kier alpha value is -2.62. The minimum absolute atomic E-state index is 0.0499. The molecule has 0 aromatic heterocycles. The predicted molar refractivity (Wildman–Crippen MR) is 75.5 cm³/mol. The van der Waals surface area contributed by atoms with Crippen LogP contribution in [0.3, 0.4) is 0 Å². The average Bonchev–Trinajstić information content (AvgIpc) is 2.72. The van der Waals surface area contributed by atoms with Gasteiger partial charge in [-0.15, -0.1) is 0 Å². The minimum atomic E-state index is -0.830. The van der Waals surface area contributed by atoms with Crippen molar-refractivity contribution in [2.75, 3.05) is 12.0 Å². The summed E-state index contributed by atoms with van der Waals surface area (Å²) in [6.07, 6.45) is -1.06. The molecule has 0 atom stereocenters. The van der Waals surface area contributed by atoms with E-state index in [0.717, 1.165) is 4.90 Å². The fourth-order valence-corrected chi connectivity index (χ4v) is 2.21. The topological polar surface area (TPSA) is 46.6 Å². The third-order valence-electron chi connectivity index (χ3n) is 3.11. The molecule has 0 radical (unpaired) electrons. The fraction of sp³-hybridized carbons (Fsp3) is 0.125. The van der Waals surface area contributed by atoms with E-state index in [2.05, 4.69) is 0 Å². The van der Waals surface area contributed by atoms with Crippen molar-refractivity contribution in [1.82, 2.24) is 0 Å². The third-order valence-corrected chi connectivity index (χ3v) is 3.11. The first-order chi connectivity index (χ1) is 11.4. The second-order valence-electron chi connectivity index (χ2n) is 4.25. The Labute approximate surface area is 122 Å². The maximum Gasteiger partial charge on any atom is 0.418 e. The number of fused-ring (bicyclic) bond motifs is 2. The predicted octanol–water partition coefficient (Wildman–Crippen LogP) is 3.33. The SMILES string of the molecule is [2H]c1c([2H])c([2H])c2c(c1[2H])CC(=O)c1ccccc1N2C(=O)OC. The number of anilines is 2. The molecule has 100 valence electrons. The van der Waals surface area contributed by atoms with Gasteiger partial charge in [0, 0.05) is 12.0 Å². The smallest absolute Gasteiger partial charge is 0.418 e. The van der Waals surface area contributed by atoms with Crippen LogP contribution < -0.4 is 4.90 Å². The van der Waals surface area contributed by atoms with Crippen LogP contribution in [0.5, 0.6) is 0 Å². The summed E-state index contributed by atoms with van der Waals surface area (Å²) in [5.41, 5.74) is 0.521. The van der Waals surface area contributed by atoms with Gasteiger partial charge in [0.1, 0.15) is 0 Å². The van der Waals surface area contributed by atoms with Crippen LogP contribution in [-0.4, -0.2) is 19.0 Å². The maximum absolute atomic E-state index is 12.6. The summed E-state index contributed by atoms with van der Waals surface area (Å²) in [4.78, 5) is 25.9. The van der Waals surface area contributed by atoms with Gasteiger partial charge in [0.2, 0.25) is 0 Å². The van der Waals surface area contributed by atoms with Crippen molar-refractivity contribution in [2.45, 2.75) is 6.42 Å². The standard InChI is InChI=1S/C16H13NO3/c1-20-16(19)17-13-8-4-2-6-11(13)10-15(18)12-7-3-5-9-14(12)17/h2-9H,10H2,1H3/i2D,4D,6D,8D. The maximum atomic E-state index is 12.6. The number of rotatable bonds is 0. The van der Waals surface area contributed by atoms with Crippen molar-refractivity contribution >= 4 is 23.3 Å². The number of ether oxygens (including phenoxy) is 1. The van der Waals surface area contributed by atoms with Crippen molar-refractivity contribution in [2.24, 2.45) is 0 Å². The van der Waals surface area contributed by atoms with E-state index >= 15 is 0 Å². The second kappa shape index (κ2) is 4.81. The molecule has 2 aromatic carbocycles. The van der Waals surface area contributed by atoms with E-state index in [-0.39, 0.29) is 46.8 Å². The van der Waals surface area contributed by atoms with E-state index in [0.29, 0.717) is 0 Å². The molecule has 0 N–H and O–H groups in total. The molecule has 0 saturated heterocycles. The number of hydrogen-bond donors (Lipinski definition) is 0. The average molecular weight is 271 g/mol. The van der Waals surface area contributed by atoms with Gasteiger partial charge in [-0.3, -0.25) is 4.79 Å². The number of para-hydroxylation sites is 2. The molecule has 1 heterocycles. The minimum Gasteiger partial charge on any atom is -0.452 e. The number of carbonyl (C=O) groups is 2. The first kappa shape index (κ1) is 8.53. The number of nitrogens with zero attached hydrogens (tertiary/aromatic N) is 1. The number of carbonyl (C=O) groups excluding carboxylic acids is 2. The lowest BCUT2D eigenvalue weighted by Crippen LogP contribution is -2.26. The van der Waals surface area contributed by atoms with Crippen LogP contribution in [0.25, 0.3) is 0 Å². The van der Waals surface area contributed by atoms with E-state index < -0.39 is 18.2 Å². The van der Waals surface area contributed by atoms with Crippen LogP contribution in [0.4, 0.5) is 16.2 Å². The Bertz CT molecular complexity index is 882. The summed E-state index contributed by atoms with van der Waals surface area (Å²) >= 11 is 0. The zero-order chi connectivity index (χ0) is 17.6. The molecule has 0 saturated carbocycles. The highest BCUT2D eigenvalue weighted by molar-refractivity contribution is 6.10. The number of ketones is 1. The van der Waals surface area contributed by atoms with Crippen molar-refractivity contribution in [1.29, 1.82) is 0 Å². The highest BCUT2D eigenvalue weighted by Crippen LogP contribution is 2.36. The molecule has 4 nitrogen and oxygen atoms in total. The van der Waals surface area contributed by atoms with Gasteiger partial charge in [-0.05, 0) is 23.7 Å². The number of benzene rings is 2. The quantitative estimate of drug-likeness (QED) is 0.738. The van der Waals surface area contributed by atoms with Crippen LogP contribution in [0, 0.1) is 0 Å². The Kier molecular flexibility index (Phi) is 2.05. The molecule has 2 aromatic rings. The highest BCUT2D eigenvalue weighted by atomic mass is 16.5. The van der Waals surface area contributed by atoms with Crippen molar-refractivity contribution in [3.8, 4) is 0 Å². The summed E-state index contributed by atoms with van der Waals surface area (Å²) in [5, 5.41) is 0. The van der Waals surface area contributed by atoms with Crippen LogP contribution in [0.1, 0.15) is 21.4 Å². The molecular formula is C16H13NO3. The lowest BCUT2D eigenvalue weighted by Gasteiger charge is -2.22. The van der Waals surface area contributed by atoms with Gasteiger partial charge >= 0.3 is 6.09 Å². The van der Waals surface area contributed by atoms with E-state index in [1.165, 1.54) is 7.11 Å². The van der Waals surface area contributed by atoms with Gasteiger partial charge in [-0.2, -0.15) is 0 Å². The van der Waals surface area contributed by atoms with E-state index in [1.54, 1.807) is 24.3 Å². The van der Waals surface area contributed by atoms with Crippen molar-refractivity contribution < 1.29 is 19.8 Å². The second-order valence-corrected chi connectivity index (χ2v) is 4.25. The molecule has 0 spiro atoms. The van der Waals surface area contributed by atoms with Crippen molar-refractivity contribution in [3.05, 3.63) is 59.6 Å². The number of Topliss-reactive ketones (excluding diaryl/α,β-unsaturated/α-hetero) is 1. The Morgan fingerprint density at radius 3 is 2.80 bits per heavy atom.